The molecule has 82 valence electrons. The zero-order valence-electron chi connectivity index (χ0n) is 8.68. The average Bonchev–Trinajstić information content (AvgIpc) is 2.59. The van der Waals surface area contributed by atoms with Crippen LogP contribution in [0.5, 0.6) is 0 Å². The minimum Gasteiger partial charge on any atom is -0.315 e. The van der Waals surface area contributed by atoms with Crippen LogP contribution in [0.15, 0.2) is 30.3 Å². The van der Waals surface area contributed by atoms with E-state index in [2.05, 4.69) is 15.5 Å². The first-order valence-electron chi connectivity index (χ1n) is 5.30. The van der Waals surface area contributed by atoms with Crippen LogP contribution in [0.2, 0.25) is 0 Å². The van der Waals surface area contributed by atoms with Crippen molar-refractivity contribution in [3.63, 3.8) is 0 Å². The predicted octanol–water partition coefficient (Wildman–Crippen LogP) is 1.62. The third-order valence-electron chi connectivity index (χ3n) is 2.86. The highest BCUT2D eigenvalue weighted by molar-refractivity contribution is 7.71. The molecule has 0 radical (unpaired) electrons. The highest BCUT2D eigenvalue weighted by Gasteiger charge is 2.24. The summed E-state index contributed by atoms with van der Waals surface area (Å²) >= 11 is 5.27. The zero-order valence-corrected chi connectivity index (χ0v) is 9.50. The number of aromatic amines is 1. The summed E-state index contributed by atoms with van der Waals surface area (Å²) in [5, 5.41) is 10.4. The van der Waals surface area contributed by atoms with Crippen LogP contribution in [0.1, 0.15) is 11.7 Å². The van der Waals surface area contributed by atoms with Gasteiger partial charge in [-0.15, -0.1) is 0 Å². The molecular weight excluding hydrogens is 220 g/mol. The van der Waals surface area contributed by atoms with Crippen molar-refractivity contribution in [1.29, 1.82) is 0 Å². The molecule has 0 atom stereocenters. The minimum atomic E-state index is 0.466. The summed E-state index contributed by atoms with van der Waals surface area (Å²) in [6, 6.07) is 10.1. The van der Waals surface area contributed by atoms with E-state index in [1.807, 2.05) is 34.9 Å². The molecule has 2 N–H and O–H groups in total. The second-order valence-corrected chi connectivity index (χ2v) is 4.30. The van der Waals surface area contributed by atoms with E-state index >= 15 is 0 Å². The number of para-hydroxylation sites is 1. The molecule has 2 aromatic rings. The Morgan fingerprint density at radius 2 is 2.00 bits per heavy atom. The monoisotopic (exact) mass is 232 g/mol. The number of nitrogens with one attached hydrogen (secondary N) is 2. The van der Waals surface area contributed by atoms with Crippen molar-refractivity contribution < 1.29 is 0 Å². The highest BCUT2D eigenvalue weighted by atomic mass is 32.1. The third kappa shape index (κ3) is 1.48. The fraction of sp³-hybridized carbons (Fsp3) is 0.273. The smallest absolute Gasteiger partial charge is 0.199 e. The van der Waals surface area contributed by atoms with Gasteiger partial charge >= 0.3 is 0 Å². The zero-order chi connectivity index (χ0) is 11.0. The maximum Gasteiger partial charge on any atom is 0.199 e. The number of H-pyrrole nitrogens is 1. The van der Waals surface area contributed by atoms with Gasteiger partial charge in [0.25, 0.3) is 0 Å². The summed E-state index contributed by atoms with van der Waals surface area (Å²) in [5.74, 6) is 1.49. The number of hydrogen-bond acceptors (Lipinski definition) is 3. The van der Waals surface area contributed by atoms with Gasteiger partial charge in [0.2, 0.25) is 0 Å². The predicted molar refractivity (Wildman–Crippen MR) is 64.4 cm³/mol. The Labute approximate surface area is 98.3 Å². The van der Waals surface area contributed by atoms with Crippen molar-refractivity contribution in [2.24, 2.45) is 0 Å². The van der Waals surface area contributed by atoms with E-state index in [0.29, 0.717) is 10.7 Å². The first-order chi connectivity index (χ1) is 7.86. The molecule has 1 aromatic heterocycles. The Morgan fingerprint density at radius 1 is 1.25 bits per heavy atom. The van der Waals surface area contributed by atoms with Crippen LogP contribution in [0.25, 0.3) is 5.69 Å². The molecule has 2 heterocycles. The van der Waals surface area contributed by atoms with Gasteiger partial charge in [-0.25, -0.2) is 0 Å². The van der Waals surface area contributed by atoms with Crippen molar-refractivity contribution in [2.45, 2.75) is 5.92 Å². The Morgan fingerprint density at radius 3 is 2.62 bits per heavy atom. The van der Waals surface area contributed by atoms with Gasteiger partial charge in [-0.05, 0) is 24.4 Å². The molecule has 0 spiro atoms. The first-order valence-corrected chi connectivity index (χ1v) is 5.70. The molecular formula is C11H12N4S. The maximum absolute atomic E-state index is 5.27. The van der Waals surface area contributed by atoms with E-state index in [9.17, 15) is 0 Å². The van der Waals surface area contributed by atoms with Crippen LogP contribution in [-0.2, 0) is 0 Å². The summed E-state index contributed by atoms with van der Waals surface area (Å²) in [4.78, 5) is 0. The quantitative estimate of drug-likeness (QED) is 0.773. The number of rotatable bonds is 2. The summed E-state index contributed by atoms with van der Waals surface area (Å²) in [5.41, 5.74) is 1.07. The number of hydrogen-bond donors (Lipinski definition) is 2. The molecule has 4 nitrogen and oxygen atoms in total. The molecule has 0 bridgehead atoms. The Bertz CT molecular complexity index is 539. The lowest BCUT2D eigenvalue weighted by Crippen LogP contribution is -2.41. The van der Waals surface area contributed by atoms with Crippen LogP contribution < -0.4 is 5.32 Å². The van der Waals surface area contributed by atoms with Gasteiger partial charge < -0.3 is 5.32 Å². The van der Waals surface area contributed by atoms with E-state index in [4.69, 9.17) is 12.2 Å². The molecule has 0 saturated carbocycles. The average molecular weight is 232 g/mol. The number of benzene rings is 1. The van der Waals surface area contributed by atoms with Crippen molar-refractivity contribution >= 4 is 12.2 Å². The Balaban J connectivity index is 2.12. The maximum atomic E-state index is 5.27. The standard InChI is InChI=1S/C11H12N4S/c16-11-14-13-10(8-6-12-7-8)15(11)9-4-2-1-3-5-9/h1-5,8,12H,6-7H2,(H,14,16). The van der Waals surface area contributed by atoms with Crippen molar-refractivity contribution in [3.8, 4) is 5.69 Å². The molecule has 0 unspecified atom stereocenters. The van der Waals surface area contributed by atoms with E-state index in [0.717, 1.165) is 24.6 Å². The lowest BCUT2D eigenvalue weighted by molar-refractivity contribution is 0.425. The summed E-state index contributed by atoms with van der Waals surface area (Å²) < 4.78 is 2.68. The molecule has 1 aliphatic rings. The van der Waals surface area contributed by atoms with Gasteiger partial charge in [-0.2, -0.15) is 5.10 Å². The van der Waals surface area contributed by atoms with Gasteiger partial charge in [0, 0.05) is 24.7 Å². The normalized spacial score (nSPS) is 16.0. The Kier molecular flexibility index (Phi) is 2.34. The molecule has 16 heavy (non-hydrogen) atoms. The second kappa shape index (κ2) is 3.84. The fourth-order valence-corrected chi connectivity index (χ4v) is 2.13. The van der Waals surface area contributed by atoms with E-state index in [1.165, 1.54) is 0 Å². The molecule has 1 saturated heterocycles. The molecule has 5 heteroatoms. The van der Waals surface area contributed by atoms with Crippen molar-refractivity contribution in [2.75, 3.05) is 13.1 Å². The van der Waals surface area contributed by atoms with Crippen LogP contribution in [-0.4, -0.2) is 27.9 Å². The van der Waals surface area contributed by atoms with E-state index < -0.39 is 0 Å². The van der Waals surface area contributed by atoms with Gasteiger partial charge in [0.05, 0.1) is 0 Å². The van der Waals surface area contributed by atoms with Crippen LogP contribution >= 0.6 is 12.2 Å². The molecule has 3 rings (SSSR count). The summed E-state index contributed by atoms with van der Waals surface area (Å²) in [6.45, 7) is 1.96. The molecule has 1 aromatic carbocycles. The number of nitrogens with zero attached hydrogens (tertiary/aromatic N) is 2. The number of aromatic nitrogens is 3. The SMILES string of the molecule is S=c1[nH]nc(C2CNC2)n1-c1ccccc1. The van der Waals surface area contributed by atoms with Gasteiger partial charge in [0.1, 0.15) is 5.82 Å². The van der Waals surface area contributed by atoms with Gasteiger partial charge in [-0.1, -0.05) is 18.2 Å². The largest absolute Gasteiger partial charge is 0.315 e. The lowest BCUT2D eigenvalue weighted by atomic mass is 10.0. The molecule has 0 aliphatic carbocycles. The van der Waals surface area contributed by atoms with Crippen molar-refractivity contribution in [3.05, 3.63) is 40.9 Å². The topological polar surface area (TPSA) is 45.6 Å². The molecule has 1 aliphatic heterocycles. The summed E-state index contributed by atoms with van der Waals surface area (Å²) in [6.07, 6.45) is 0. The van der Waals surface area contributed by atoms with Crippen LogP contribution in [0.3, 0.4) is 0 Å². The van der Waals surface area contributed by atoms with Gasteiger partial charge in [-0.3, -0.25) is 9.67 Å². The van der Waals surface area contributed by atoms with Crippen molar-refractivity contribution in [1.82, 2.24) is 20.1 Å². The lowest BCUT2D eigenvalue weighted by Gasteiger charge is -2.26. The van der Waals surface area contributed by atoms with E-state index in [-0.39, 0.29) is 0 Å². The van der Waals surface area contributed by atoms with Crippen LogP contribution in [0, 0.1) is 4.77 Å². The third-order valence-corrected chi connectivity index (χ3v) is 3.13. The summed E-state index contributed by atoms with van der Waals surface area (Å²) in [7, 11) is 0. The van der Waals surface area contributed by atoms with Gasteiger partial charge in [0.15, 0.2) is 4.77 Å². The first kappa shape index (κ1) is 9.74. The van der Waals surface area contributed by atoms with E-state index in [1.54, 1.807) is 0 Å². The molecule has 1 fully saturated rings. The second-order valence-electron chi connectivity index (χ2n) is 3.91. The van der Waals surface area contributed by atoms with Crippen LogP contribution in [0.4, 0.5) is 0 Å². The fourth-order valence-electron chi connectivity index (χ4n) is 1.88. The Hall–Kier alpha value is -1.46. The minimum absolute atomic E-state index is 0.466. The highest BCUT2D eigenvalue weighted by Crippen LogP contribution is 2.21. The molecule has 0 amide bonds.